The Labute approximate surface area is 204 Å². The number of nitrogens with one attached hydrogen (secondary N) is 1. The van der Waals surface area contributed by atoms with Crippen LogP contribution in [-0.2, 0) is 37.0 Å². The van der Waals surface area contributed by atoms with Crippen LogP contribution in [0.5, 0.6) is 0 Å². The number of aryl methyl sites for hydroxylation is 1. The fraction of sp³-hybridized carbons (Fsp3) is 0.519. The van der Waals surface area contributed by atoms with Gasteiger partial charge in [-0.2, -0.15) is 0 Å². The molecule has 0 aromatic heterocycles. The van der Waals surface area contributed by atoms with Crippen molar-refractivity contribution in [3.63, 3.8) is 0 Å². The minimum Gasteiger partial charge on any atom is -0.370 e. The summed E-state index contributed by atoms with van der Waals surface area (Å²) in [6.07, 6.45) is -1.03. The molecule has 35 heavy (non-hydrogen) atoms. The maximum atomic E-state index is 14.3. The zero-order valence-corrected chi connectivity index (χ0v) is 20.6. The summed E-state index contributed by atoms with van der Waals surface area (Å²) in [4.78, 5) is 13.4. The van der Waals surface area contributed by atoms with Gasteiger partial charge in [0.1, 0.15) is 17.7 Å². The molecule has 2 aliphatic rings. The molecule has 4 atom stereocenters. The summed E-state index contributed by atoms with van der Waals surface area (Å²) in [6.45, 7) is 8.04. The molecule has 1 N–H and O–H groups in total. The first-order valence-corrected chi connectivity index (χ1v) is 12.0. The van der Waals surface area contributed by atoms with Gasteiger partial charge < -0.3 is 24.3 Å². The van der Waals surface area contributed by atoms with E-state index in [0.717, 1.165) is 17.2 Å². The number of hydrogen-bond acceptors (Lipinski definition) is 5. The van der Waals surface area contributed by atoms with E-state index < -0.39 is 41.3 Å². The zero-order chi connectivity index (χ0) is 25.2. The average molecular weight is 490 g/mol. The van der Waals surface area contributed by atoms with E-state index in [0.29, 0.717) is 13.0 Å². The summed E-state index contributed by atoms with van der Waals surface area (Å²) >= 11 is 0. The highest BCUT2D eigenvalue weighted by Crippen LogP contribution is 2.44. The SMILES string of the molecule is CCNC(=O)[C@@]1(OCc2cccc(C)c2)C[C@H](OCc2ccc(F)cc2F)[C@@H]2OC(C)(C)O[C@@H]2C1. The van der Waals surface area contributed by atoms with Gasteiger partial charge in [0.15, 0.2) is 11.4 Å². The number of fused-ring (bicyclic) bond motifs is 1. The van der Waals surface area contributed by atoms with Crippen molar-refractivity contribution < 1.29 is 32.5 Å². The van der Waals surface area contributed by atoms with Gasteiger partial charge in [-0.15, -0.1) is 0 Å². The van der Waals surface area contributed by atoms with Crippen LogP contribution in [0, 0.1) is 18.6 Å². The maximum absolute atomic E-state index is 14.3. The van der Waals surface area contributed by atoms with E-state index in [9.17, 15) is 13.6 Å². The van der Waals surface area contributed by atoms with Crippen molar-refractivity contribution in [1.29, 1.82) is 0 Å². The molecule has 2 aromatic rings. The molecule has 6 nitrogen and oxygen atoms in total. The second kappa shape index (κ2) is 10.3. The lowest BCUT2D eigenvalue weighted by molar-refractivity contribution is -0.183. The summed E-state index contributed by atoms with van der Waals surface area (Å²) in [6, 6.07) is 11.3. The number of carbonyl (C=O) groups is 1. The van der Waals surface area contributed by atoms with E-state index in [2.05, 4.69) is 5.32 Å². The number of amides is 1. The lowest BCUT2D eigenvalue weighted by Gasteiger charge is -2.43. The lowest BCUT2D eigenvalue weighted by Crippen LogP contribution is -2.60. The fourth-order valence-electron chi connectivity index (χ4n) is 4.89. The molecule has 2 fully saturated rings. The largest absolute Gasteiger partial charge is 0.370 e. The van der Waals surface area contributed by atoms with Gasteiger partial charge in [-0.05, 0) is 39.3 Å². The third-order valence-corrected chi connectivity index (χ3v) is 6.47. The van der Waals surface area contributed by atoms with Gasteiger partial charge in [-0.1, -0.05) is 35.9 Å². The number of benzene rings is 2. The van der Waals surface area contributed by atoms with Crippen molar-refractivity contribution >= 4 is 5.91 Å². The molecule has 0 spiro atoms. The molecule has 1 aliphatic carbocycles. The van der Waals surface area contributed by atoms with Crippen LogP contribution in [0.15, 0.2) is 42.5 Å². The van der Waals surface area contributed by atoms with E-state index in [1.165, 1.54) is 12.1 Å². The number of rotatable bonds is 8. The molecule has 1 saturated carbocycles. The molecule has 1 saturated heterocycles. The molecule has 1 aliphatic heterocycles. The van der Waals surface area contributed by atoms with E-state index in [-0.39, 0.29) is 31.1 Å². The molecule has 1 heterocycles. The Kier molecular flexibility index (Phi) is 7.57. The number of halogens is 2. The van der Waals surface area contributed by atoms with E-state index in [1.807, 2.05) is 52.0 Å². The molecule has 8 heteroatoms. The standard InChI is InChI=1S/C27H33F2NO5/c1-5-30-25(31)27(33-15-18-8-6-7-17(2)11-18)13-22(24-23(14-27)34-26(3,4)35-24)32-16-19-9-10-20(28)12-21(19)29/h6-12,22-24H,5,13-16H2,1-4H3,(H,30,31)/t22-,23+,24-,27+/m0/s1. The highest BCUT2D eigenvalue weighted by atomic mass is 19.1. The Bertz CT molecular complexity index is 1060. The Hall–Kier alpha value is -2.39. The minimum atomic E-state index is -1.23. The average Bonchev–Trinajstić information content (AvgIpc) is 3.11. The van der Waals surface area contributed by atoms with Gasteiger partial charge in [0.25, 0.3) is 5.91 Å². The number of hydrogen-bond donors (Lipinski definition) is 1. The van der Waals surface area contributed by atoms with Crippen molar-refractivity contribution in [2.24, 2.45) is 0 Å². The van der Waals surface area contributed by atoms with Crippen molar-refractivity contribution in [2.45, 2.75) is 83.5 Å². The Morgan fingerprint density at radius 3 is 2.63 bits per heavy atom. The molecule has 4 rings (SSSR count). The van der Waals surface area contributed by atoms with E-state index in [1.54, 1.807) is 0 Å². The summed E-state index contributed by atoms with van der Waals surface area (Å²) in [5, 5.41) is 2.90. The van der Waals surface area contributed by atoms with Crippen molar-refractivity contribution in [2.75, 3.05) is 6.54 Å². The van der Waals surface area contributed by atoms with Crippen LogP contribution in [-0.4, -0.2) is 42.2 Å². The van der Waals surface area contributed by atoms with Gasteiger partial charge in [-0.25, -0.2) is 8.78 Å². The van der Waals surface area contributed by atoms with Gasteiger partial charge in [-0.3, -0.25) is 4.79 Å². The normalized spacial score (nSPS) is 27.4. The minimum absolute atomic E-state index is 0.104. The summed E-state index contributed by atoms with van der Waals surface area (Å²) in [5.41, 5.74) is 1.04. The summed E-state index contributed by atoms with van der Waals surface area (Å²) < 4.78 is 52.4. The molecular weight excluding hydrogens is 456 g/mol. The smallest absolute Gasteiger partial charge is 0.252 e. The Morgan fingerprint density at radius 1 is 1.11 bits per heavy atom. The molecule has 0 bridgehead atoms. The first-order valence-electron chi connectivity index (χ1n) is 12.0. The van der Waals surface area contributed by atoms with Gasteiger partial charge in [0.05, 0.1) is 25.4 Å². The molecule has 1 amide bonds. The van der Waals surface area contributed by atoms with Crippen LogP contribution >= 0.6 is 0 Å². The highest BCUT2D eigenvalue weighted by molar-refractivity contribution is 5.85. The third kappa shape index (κ3) is 5.89. The van der Waals surface area contributed by atoms with Crippen LogP contribution in [0.1, 0.15) is 50.3 Å². The van der Waals surface area contributed by atoms with Gasteiger partial charge in [0, 0.05) is 31.0 Å². The van der Waals surface area contributed by atoms with Crippen LogP contribution in [0.3, 0.4) is 0 Å². The van der Waals surface area contributed by atoms with Crippen LogP contribution < -0.4 is 5.32 Å². The van der Waals surface area contributed by atoms with Crippen molar-refractivity contribution in [1.82, 2.24) is 5.32 Å². The topological polar surface area (TPSA) is 66.0 Å². The Balaban J connectivity index is 1.60. The van der Waals surface area contributed by atoms with E-state index >= 15 is 0 Å². The number of ether oxygens (including phenoxy) is 4. The predicted octanol–water partition coefficient (Wildman–Crippen LogP) is 4.56. The number of carbonyl (C=O) groups excluding carboxylic acids is 1. The quantitative estimate of drug-likeness (QED) is 0.589. The maximum Gasteiger partial charge on any atom is 0.252 e. The third-order valence-electron chi connectivity index (χ3n) is 6.47. The number of likely N-dealkylation sites (N-methyl/N-ethyl adjacent to an activating group) is 1. The molecule has 2 aromatic carbocycles. The van der Waals surface area contributed by atoms with Crippen molar-refractivity contribution in [3.8, 4) is 0 Å². The molecule has 190 valence electrons. The summed E-state index contributed by atoms with van der Waals surface area (Å²) in [7, 11) is 0. The lowest BCUT2D eigenvalue weighted by atomic mass is 9.78. The zero-order valence-electron chi connectivity index (χ0n) is 20.6. The summed E-state index contributed by atoms with van der Waals surface area (Å²) in [5.74, 6) is -2.46. The highest BCUT2D eigenvalue weighted by Gasteiger charge is 2.58. The van der Waals surface area contributed by atoms with Crippen LogP contribution in [0.2, 0.25) is 0 Å². The monoisotopic (exact) mass is 489 g/mol. The van der Waals surface area contributed by atoms with E-state index in [4.69, 9.17) is 18.9 Å². The second-order valence-electron chi connectivity index (χ2n) is 9.76. The molecular formula is C27H33F2NO5. The van der Waals surface area contributed by atoms with Crippen molar-refractivity contribution in [3.05, 3.63) is 70.8 Å². The second-order valence-corrected chi connectivity index (χ2v) is 9.76. The fourth-order valence-corrected chi connectivity index (χ4v) is 4.89. The van der Waals surface area contributed by atoms with Crippen LogP contribution in [0.25, 0.3) is 0 Å². The molecule has 0 unspecified atom stereocenters. The van der Waals surface area contributed by atoms with Crippen LogP contribution in [0.4, 0.5) is 8.78 Å². The first kappa shape index (κ1) is 25.7. The van der Waals surface area contributed by atoms with Gasteiger partial charge >= 0.3 is 0 Å². The molecule has 0 radical (unpaired) electrons. The predicted molar refractivity (Wildman–Crippen MR) is 125 cm³/mol. The first-order chi connectivity index (χ1) is 16.6. The Morgan fingerprint density at radius 2 is 1.91 bits per heavy atom. The van der Waals surface area contributed by atoms with Gasteiger partial charge in [0.2, 0.25) is 0 Å².